The number of nitrogen functional groups attached to an aromatic ring is 1. The third kappa shape index (κ3) is 1.97. The molecule has 0 amide bonds. The van der Waals surface area contributed by atoms with Crippen LogP contribution in [0, 0.1) is 6.92 Å². The molecule has 0 aliphatic heterocycles. The predicted octanol–water partition coefficient (Wildman–Crippen LogP) is 1.01. The Labute approximate surface area is 114 Å². The molecule has 0 atom stereocenters. The molecule has 0 spiro atoms. The lowest BCUT2D eigenvalue weighted by Crippen LogP contribution is -2.16. The standard InChI is InChI=1S/C11H11N5O3S/c1-7-6-19-11(13-7)15-20(17,18)10-9(12)14-8-4-2-3-5-16(8)10/h2-6H,12H2,1H3,(H,13,15). The van der Waals surface area contributed by atoms with Crippen molar-refractivity contribution in [3.63, 3.8) is 0 Å². The third-order valence-electron chi connectivity index (χ3n) is 2.61. The molecule has 8 nitrogen and oxygen atoms in total. The van der Waals surface area contributed by atoms with Crippen LogP contribution < -0.4 is 10.5 Å². The first-order valence-corrected chi connectivity index (χ1v) is 7.13. The zero-order chi connectivity index (χ0) is 14.3. The summed E-state index contributed by atoms with van der Waals surface area (Å²) in [6.07, 6.45) is 2.91. The minimum absolute atomic E-state index is 0.0908. The van der Waals surface area contributed by atoms with Gasteiger partial charge >= 0.3 is 6.01 Å². The molecule has 3 aromatic heterocycles. The second-order valence-electron chi connectivity index (χ2n) is 4.13. The van der Waals surface area contributed by atoms with E-state index in [1.54, 1.807) is 31.3 Å². The van der Waals surface area contributed by atoms with Gasteiger partial charge in [-0.05, 0) is 19.1 Å². The minimum atomic E-state index is -3.94. The minimum Gasteiger partial charge on any atom is -0.431 e. The van der Waals surface area contributed by atoms with Crippen molar-refractivity contribution in [1.82, 2.24) is 14.4 Å². The second-order valence-corrected chi connectivity index (χ2v) is 5.73. The molecular weight excluding hydrogens is 282 g/mol. The molecule has 0 unspecified atom stereocenters. The highest BCUT2D eigenvalue weighted by molar-refractivity contribution is 7.92. The Hall–Kier alpha value is -2.55. The number of anilines is 2. The molecule has 0 bridgehead atoms. The Balaban J connectivity index is 2.11. The van der Waals surface area contributed by atoms with Crippen LogP contribution >= 0.6 is 0 Å². The molecule has 3 rings (SSSR count). The normalized spacial score (nSPS) is 11.8. The summed E-state index contributed by atoms with van der Waals surface area (Å²) in [6, 6.07) is 4.96. The number of aromatic nitrogens is 3. The number of imidazole rings is 1. The summed E-state index contributed by atoms with van der Waals surface area (Å²) in [5.41, 5.74) is 6.70. The van der Waals surface area contributed by atoms with Gasteiger partial charge in [0.2, 0.25) is 5.03 Å². The molecule has 20 heavy (non-hydrogen) atoms. The quantitative estimate of drug-likeness (QED) is 0.744. The van der Waals surface area contributed by atoms with Gasteiger partial charge in [0.05, 0.1) is 5.69 Å². The first-order chi connectivity index (χ1) is 9.47. The maximum Gasteiger partial charge on any atom is 0.309 e. The van der Waals surface area contributed by atoms with Crippen molar-refractivity contribution in [2.24, 2.45) is 0 Å². The maximum absolute atomic E-state index is 12.4. The zero-order valence-corrected chi connectivity index (χ0v) is 11.3. The molecule has 3 heterocycles. The van der Waals surface area contributed by atoms with Crippen molar-refractivity contribution < 1.29 is 12.8 Å². The average Bonchev–Trinajstić information content (AvgIpc) is 2.91. The Kier molecular flexibility index (Phi) is 2.64. The van der Waals surface area contributed by atoms with E-state index in [-0.39, 0.29) is 16.9 Å². The average molecular weight is 293 g/mol. The third-order valence-corrected chi connectivity index (χ3v) is 3.96. The molecular formula is C11H11N5O3S. The van der Waals surface area contributed by atoms with Crippen LogP contribution in [0.5, 0.6) is 0 Å². The number of hydrogen-bond acceptors (Lipinski definition) is 6. The molecule has 9 heteroatoms. The van der Waals surface area contributed by atoms with Gasteiger partial charge in [-0.2, -0.15) is 13.4 Å². The summed E-state index contributed by atoms with van der Waals surface area (Å²) in [5, 5.41) is -0.149. The van der Waals surface area contributed by atoms with Crippen LogP contribution in [0.1, 0.15) is 5.69 Å². The first-order valence-electron chi connectivity index (χ1n) is 5.65. The van der Waals surface area contributed by atoms with E-state index >= 15 is 0 Å². The van der Waals surface area contributed by atoms with E-state index in [4.69, 9.17) is 10.2 Å². The molecule has 0 aliphatic carbocycles. The van der Waals surface area contributed by atoms with E-state index in [0.29, 0.717) is 11.3 Å². The van der Waals surface area contributed by atoms with Crippen LogP contribution in [-0.4, -0.2) is 22.8 Å². The van der Waals surface area contributed by atoms with Gasteiger partial charge in [-0.25, -0.2) is 9.71 Å². The molecule has 104 valence electrons. The number of hydrogen-bond donors (Lipinski definition) is 2. The number of nitrogens with one attached hydrogen (secondary N) is 1. The molecule has 0 fully saturated rings. The Morgan fingerprint density at radius 1 is 1.35 bits per heavy atom. The highest BCUT2D eigenvalue weighted by Crippen LogP contribution is 2.22. The fourth-order valence-corrected chi connectivity index (χ4v) is 2.98. The predicted molar refractivity (Wildman–Crippen MR) is 71.7 cm³/mol. The fraction of sp³-hybridized carbons (Fsp3) is 0.0909. The van der Waals surface area contributed by atoms with Crippen molar-refractivity contribution >= 4 is 27.5 Å². The van der Waals surface area contributed by atoms with Gasteiger partial charge < -0.3 is 10.2 Å². The van der Waals surface area contributed by atoms with Gasteiger partial charge in [0.25, 0.3) is 10.0 Å². The summed E-state index contributed by atoms with van der Waals surface area (Å²) in [6.45, 7) is 1.68. The summed E-state index contributed by atoms with van der Waals surface area (Å²) in [7, 11) is -3.94. The van der Waals surface area contributed by atoms with Crippen LogP contribution in [0.4, 0.5) is 11.8 Å². The van der Waals surface area contributed by atoms with Crippen molar-refractivity contribution in [2.75, 3.05) is 10.5 Å². The first kappa shape index (κ1) is 12.5. The van der Waals surface area contributed by atoms with Gasteiger partial charge in [-0.1, -0.05) is 6.07 Å². The number of oxazole rings is 1. The monoisotopic (exact) mass is 293 g/mol. The molecule has 3 aromatic rings. The number of fused-ring (bicyclic) bond motifs is 1. The van der Waals surface area contributed by atoms with E-state index < -0.39 is 10.0 Å². The zero-order valence-electron chi connectivity index (χ0n) is 10.4. The number of nitrogens with two attached hydrogens (primary N) is 1. The van der Waals surface area contributed by atoms with Gasteiger partial charge in [0.15, 0.2) is 5.82 Å². The van der Waals surface area contributed by atoms with Crippen molar-refractivity contribution in [2.45, 2.75) is 11.9 Å². The van der Waals surface area contributed by atoms with Crippen LogP contribution in [0.2, 0.25) is 0 Å². The number of sulfonamides is 1. The van der Waals surface area contributed by atoms with Crippen LogP contribution in [-0.2, 0) is 10.0 Å². The van der Waals surface area contributed by atoms with Gasteiger partial charge in [0.1, 0.15) is 11.9 Å². The lowest BCUT2D eigenvalue weighted by molar-refractivity contribution is 0.568. The Morgan fingerprint density at radius 2 is 2.15 bits per heavy atom. The number of nitrogens with zero attached hydrogens (tertiary/aromatic N) is 3. The summed E-state index contributed by atoms with van der Waals surface area (Å²) >= 11 is 0. The van der Waals surface area contributed by atoms with Gasteiger partial charge in [-0.15, -0.1) is 0 Å². The van der Waals surface area contributed by atoms with Crippen LogP contribution in [0.15, 0.2) is 40.1 Å². The Bertz CT molecular complexity index is 880. The maximum atomic E-state index is 12.4. The topological polar surface area (TPSA) is 116 Å². The molecule has 3 N–H and O–H groups in total. The lowest BCUT2D eigenvalue weighted by atomic mass is 10.5. The molecule has 0 radical (unpaired) electrons. The van der Waals surface area contributed by atoms with E-state index in [0.717, 1.165) is 0 Å². The smallest absolute Gasteiger partial charge is 0.309 e. The number of rotatable bonds is 3. The van der Waals surface area contributed by atoms with Crippen molar-refractivity contribution in [1.29, 1.82) is 0 Å². The highest BCUT2D eigenvalue weighted by atomic mass is 32.2. The molecule has 0 aliphatic rings. The van der Waals surface area contributed by atoms with E-state index in [1.165, 1.54) is 10.7 Å². The molecule has 0 aromatic carbocycles. The van der Waals surface area contributed by atoms with E-state index in [2.05, 4.69) is 14.7 Å². The van der Waals surface area contributed by atoms with Gasteiger partial charge in [-0.3, -0.25) is 4.40 Å². The SMILES string of the molecule is Cc1coc(NS(=O)(=O)c2c(N)nc3ccccn23)n1. The fourth-order valence-electron chi connectivity index (χ4n) is 1.82. The van der Waals surface area contributed by atoms with Crippen LogP contribution in [0.3, 0.4) is 0 Å². The Morgan fingerprint density at radius 3 is 2.85 bits per heavy atom. The van der Waals surface area contributed by atoms with Crippen LogP contribution in [0.25, 0.3) is 5.65 Å². The van der Waals surface area contributed by atoms with Crippen molar-refractivity contribution in [3.05, 3.63) is 36.4 Å². The summed E-state index contributed by atoms with van der Waals surface area (Å²) in [4.78, 5) is 7.88. The number of aryl methyl sites for hydroxylation is 1. The van der Waals surface area contributed by atoms with E-state index in [1.807, 2.05) is 0 Å². The number of pyridine rings is 1. The molecule has 0 saturated heterocycles. The van der Waals surface area contributed by atoms with Gasteiger partial charge in [0, 0.05) is 6.20 Å². The summed E-state index contributed by atoms with van der Waals surface area (Å²) in [5.74, 6) is -0.0908. The van der Waals surface area contributed by atoms with E-state index in [9.17, 15) is 8.42 Å². The second kappa shape index (κ2) is 4.23. The lowest BCUT2D eigenvalue weighted by Gasteiger charge is -2.04. The van der Waals surface area contributed by atoms with Crippen molar-refractivity contribution in [3.8, 4) is 0 Å². The molecule has 0 saturated carbocycles. The largest absolute Gasteiger partial charge is 0.431 e. The summed E-state index contributed by atoms with van der Waals surface area (Å²) < 4.78 is 33.3. The highest BCUT2D eigenvalue weighted by Gasteiger charge is 2.25.